The molecule has 0 radical (unpaired) electrons. The van der Waals surface area contributed by atoms with Crippen LogP contribution >= 0.6 is 0 Å². The van der Waals surface area contributed by atoms with Crippen LogP contribution < -0.4 is 4.90 Å². The van der Waals surface area contributed by atoms with Gasteiger partial charge in [-0.25, -0.2) is 0 Å². The van der Waals surface area contributed by atoms with Gasteiger partial charge in [0.25, 0.3) is 0 Å². The zero-order valence-corrected chi connectivity index (χ0v) is 32.4. The second-order valence-corrected chi connectivity index (χ2v) is 15.6. The van der Waals surface area contributed by atoms with Crippen molar-refractivity contribution in [3.05, 3.63) is 281 Å². The van der Waals surface area contributed by atoms with Crippen LogP contribution in [0.5, 0.6) is 0 Å². The molecule has 59 heavy (non-hydrogen) atoms. The average molecular weight is 754 g/mol. The highest BCUT2D eigenvalue weighted by Crippen LogP contribution is 2.63. The van der Waals surface area contributed by atoms with Crippen LogP contribution in [0.4, 0.5) is 17.1 Å². The monoisotopic (exact) mass is 753 g/mol. The molecule has 0 aliphatic heterocycles. The highest BCUT2D eigenvalue weighted by atomic mass is 16.1. The fraction of sp³-hybridized carbons (Fsp3) is 0.0351. The fourth-order valence-electron chi connectivity index (χ4n) is 10.3. The SMILES string of the molecule is O=Cc1ccc2c(c1)C(c1ccccc1)(c1ccccc1)c1cc3c(cc1-2)C(c1ccccc1)(c1ccccc1)c1cc(N(c2ccccc2)c2ccccc2)ccc1-3. The van der Waals surface area contributed by atoms with E-state index in [1.807, 2.05) is 6.07 Å². The van der Waals surface area contributed by atoms with Gasteiger partial charge in [-0.2, -0.15) is 0 Å². The summed E-state index contributed by atoms with van der Waals surface area (Å²) in [6.45, 7) is 0. The van der Waals surface area contributed by atoms with Gasteiger partial charge < -0.3 is 4.90 Å². The Morgan fingerprint density at radius 2 is 0.644 bits per heavy atom. The van der Waals surface area contributed by atoms with Crippen molar-refractivity contribution in [1.82, 2.24) is 0 Å². The van der Waals surface area contributed by atoms with Crippen molar-refractivity contribution in [2.45, 2.75) is 10.8 Å². The Balaban J connectivity index is 1.27. The molecule has 2 heteroatoms. The van der Waals surface area contributed by atoms with E-state index in [2.05, 4.69) is 229 Å². The Hall–Kier alpha value is -7.55. The van der Waals surface area contributed by atoms with Crippen molar-refractivity contribution in [3.8, 4) is 22.3 Å². The standard InChI is InChI=1S/C57H39NO/c59-39-40-31-33-48-50-37-55-51(38-54(50)56(52(48)35-40,41-19-7-1-8-20-41)42-21-9-2-10-22-42)49-34-32-47(58(45-27-15-5-16-28-45)46-29-17-6-18-30-46)36-53(49)57(55,43-23-11-3-12-24-43)44-25-13-4-14-26-44/h1-39H. The summed E-state index contributed by atoms with van der Waals surface area (Å²) < 4.78 is 0. The molecule has 0 heterocycles. The second-order valence-electron chi connectivity index (χ2n) is 15.6. The van der Waals surface area contributed by atoms with Gasteiger partial charge in [-0.3, -0.25) is 4.79 Å². The molecule has 0 bridgehead atoms. The van der Waals surface area contributed by atoms with Crippen LogP contribution in [0.25, 0.3) is 22.3 Å². The number of anilines is 3. The minimum atomic E-state index is -0.663. The quantitative estimate of drug-likeness (QED) is 0.144. The first-order valence-corrected chi connectivity index (χ1v) is 20.3. The molecular formula is C57H39NO. The van der Waals surface area contributed by atoms with Gasteiger partial charge in [0.1, 0.15) is 6.29 Å². The number of hydrogen-bond donors (Lipinski definition) is 0. The van der Waals surface area contributed by atoms with E-state index in [1.165, 1.54) is 55.6 Å². The van der Waals surface area contributed by atoms with Crippen LogP contribution in [-0.4, -0.2) is 6.29 Å². The lowest BCUT2D eigenvalue weighted by Crippen LogP contribution is -2.30. The number of hydrogen-bond acceptors (Lipinski definition) is 2. The first kappa shape index (κ1) is 34.7. The number of carbonyl (C=O) groups is 1. The summed E-state index contributed by atoms with van der Waals surface area (Å²) in [5, 5.41) is 0. The van der Waals surface area contributed by atoms with Crippen LogP contribution in [0.1, 0.15) is 54.9 Å². The molecule has 2 nitrogen and oxygen atoms in total. The van der Waals surface area contributed by atoms with Gasteiger partial charge in [0, 0.05) is 22.6 Å². The molecule has 0 spiro atoms. The van der Waals surface area contributed by atoms with Gasteiger partial charge in [0.15, 0.2) is 0 Å². The number of fused-ring (bicyclic) bond motifs is 6. The number of nitrogens with zero attached hydrogens (tertiary/aromatic N) is 1. The minimum Gasteiger partial charge on any atom is -0.310 e. The van der Waals surface area contributed by atoms with E-state index in [1.54, 1.807) is 0 Å². The zero-order valence-electron chi connectivity index (χ0n) is 32.4. The van der Waals surface area contributed by atoms with Crippen molar-refractivity contribution in [2.75, 3.05) is 4.90 Å². The lowest BCUT2D eigenvalue weighted by Gasteiger charge is -2.36. The van der Waals surface area contributed by atoms with Crippen LogP contribution in [0.3, 0.4) is 0 Å². The van der Waals surface area contributed by atoms with E-state index in [0.717, 1.165) is 34.5 Å². The van der Waals surface area contributed by atoms with E-state index < -0.39 is 10.8 Å². The summed E-state index contributed by atoms with van der Waals surface area (Å²) in [4.78, 5) is 14.9. The lowest BCUT2D eigenvalue weighted by atomic mass is 9.66. The third-order valence-corrected chi connectivity index (χ3v) is 12.7. The molecular weight excluding hydrogens is 715 g/mol. The van der Waals surface area contributed by atoms with Crippen molar-refractivity contribution >= 4 is 23.3 Å². The Labute approximate surface area is 345 Å². The zero-order chi connectivity index (χ0) is 39.4. The Kier molecular flexibility index (Phi) is 8.13. The normalized spacial score (nSPS) is 13.8. The topological polar surface area (TPSA) is 20.3 Å². The Morgan fingerprint density at radius 1 is 0.305 bits per heavy atom. The molecule has 11 rings (SSSR count). The summed E-state index contributed by atoms with van der Waals surface area (Å²) in [7, 11) is 0. The van der Waals surface area contributed by atoms with Gasteiger partial charge >= 0.3 is 0 Å². The molecule has 278 valence electrons. The van der Waals surface area contributed by atoms with E-state index >= 15 is 0 Å². The van der Waals surface area contributed by atoms with Crippen LogP contribution in [0.15, 0.2) is 231 Å². The maximum absolute atomic E-state index is 12.5. The number of para-hydroxylation sites is 2. The van der Waals surface area contributed by atoms with Crippen LogP contribution in [0, 0.1) is 0 Å². The summed E-state index contributed by atoms with van der Waals surface area (Å²) in [5.74, 6) is 0. The Morgan fingerprint density at radius 3 is 1.03 bits per heavy atom. The number of aldehydes is 1. The maximum atomic E-state index is 12.5. The molecule has 0 atom stereocenters. The molecule has 0 fully saturated rings. The molecule has 2 aliphatic rings. The number of rotatable bonds is 8. The summed E-state index contributed by atoms with van der Waals surface area (Å²) >= 11 is 0. The third kappa shape index (κ3) is 5.10. The molecule has 0 aromatic heterocycles. The van der Waals surface area contributed by atoms with Gasteiger partial charge in [0.2, 0.25) is 0 Å². The molecule has 9 aromatic rings. The minimum absolute atomic E-state index is 0.648. The van der Waals surface area contributed by atoms with Gasteiger partial charge in [0.05, 0.1) is 10.8 Å². The van der Waals surface area contributed by atoms with E-state index in [-0.39, 0.29) is 0 Å². The predicted octanol–water partition coefficient (Wildman–Crippen LogP) is 13.7. The van der Waals surface area contributed by atoms with Gasteiger partial charge in [-0.15, -0.1) is 0 Å². The lowest BCUT2D eigenvalue weighted by molar-refractivity contribution is 0.112. The number of carbonyl (C=O) groups excluding carboxylic acids is 1. The molecule has 0 unspecified atom stereocenters. The van der Waals surface area contributed by atoms with Crippen molar-refractivity contribution in [1.29, 1.82) is 0 Å². The molecule has 2 aliphatic carbocycles. The maximum Gasteiger partial charge on any atom is 0.150 e. The molecule has 0 N–H and O–H groups in total. The summed E-state index contributed by atoms with van der Waals surface area (Å²) in [6.07, 6.45) is 0.974. The number of benzene rings is 9. The van der Waals surface area contributed by atoms with Crippen molar-refractivity contribution in [2.24, 2.45) is 0 Å². The smallest absolute Gasteiger partial charge is 0.150 e. The third-order valence-electron chi connectivity index (χ3n) is 12.7. The second kappa shape index (κ2) is 13.8. The molecule has 0 amide bonds. The highest BCUT2D eigenvalue weighted by molar-refractivity contribution is 5.96. The fourth-order valence-corrected chi connectivity index (χ4v) is 10.3. The highest BCUT2D eigenvalue weighted by Gasteiger charge is 2.51. The predicted molar refractivity (Wildman–Crippen MR) is 241 cm³/mol. The van der Waals surface area contributed by atoms with Crippen molar-refractivity contribution < 1.29 is 4.79 Å². The van der Waals surface area contributed by atoms with E-state index in [9.17, 15) is 4.79 Å². The largest absolute Gasteiger partial charge is 0.310 e. The molecule has 0 saturated carbocycles. The first-order chi connectivity index (χ1) is 29.2. The molecule has 9 aromatic carbocycles. The molecule has 0 saturated heterocycles. The Bertz CT molecular complexity index is 2860. The van der Waals surface area contributed by atoms with E-state index in [0.29, 0.717) is 5.56 Å². The first-order valence-electron chi connectivity index (χ1n) is 20.3. The van der Waals surface area contributed by atoms with Gasteiger partial charge in [-0.05, 0) is 121 Å². The van der Waals surface area contributed by atoms with E-state index in [4.69, 9.17) is 0 Å². The van der Waals surface area contributed by atoms with Crippen molar-refractivity contribution in [3.63, 3.8) is 0 Å². The van der Waals surface area contributed by atoms with Gasteiger partial charge in [-0.1, -0.05) is 176 Å². The average Bonchev–Trinajstić information content (AvgIpc) is 3.77. The summed E-state index contributed by atoms with van der Waals surface area (Å²) in [5.41, 5.74) is 17.0. The van der Waals surface area contributed by atoms with Crippen LogP contribution in [0.2, 0.25) is 0 Å². The van der Waals surface area contributed by atoms with Crippen LogP contribution in [-0.2, 0) is 10.8 Å². The summed E-state index contributed by atoms with van der Waals surface area (Å²) in [6, 6.07) is 83.3.